The number of thiazole rings is 1. The fraction of sp³-hybridized carbons (Fsp3) is 0.357. The molecule has 1 heterocycles. The number of thioether (sulfide) groups is 1. The molecule has 0 radical (unpaired) electrons. The summed E-state index contributed by atoms with van der Waals surface area (Å²) >= 11 is 3.13. The Morgan fingerprint density at radius 2 is 2.16 bits per heavy atom. The highest BCUT2D eigenvalue weighted by molar-refractivity contribution is 7.98. The maximum Gasteiger partial charge on any atom is 0.136 e. The van der Waals surface area contributed by atoms with Crippen LogP contribution in [0.15, 0.2) is 29.2 Å². The summed E-state index contributed by atoms with van der Waals surface area (Å²) in [7, 11) is 0. The van der Waals surface area contributed by atoms with Crippen LogP contribution >= 0.6 is 23.1 Å². The molecule has 0 fully saturated rings. The highest BCUT2D eigenvalue weighted by atomic mass is 32.2. The SMILES string of the molecule is CCCc1nc(CSc2ccccc2F)sc1CN. The minimum atomic E-state index is -0.170. The molecule has 2 nitrogen and oxygen atoms in total. The van der Waals surface area contributed by atoms with Crippen molar-refractivity contribution in [1.82, 2.24) is 4.98 Å². The molecule has 102 valence electrons. The molecule has 0 aliphatic heterocycles. The van der Waals surface area contributed by atoms with Gasteiger partial charge in [-0.2, -0.15) is 0 Å². The van der Waals surface area contributed by atoms with Gasteiger partial charge in [-0.05, 0) is 18.6 Å². The van der Waals surface area contributed by atoms with Crippen molar-refractivity contribution >= 4 is 23.1 Å². The number of halogens is 1. The zero-order valence-corrected chi connectivity index (χ0v) is 12.5. The number of benzene rings is 1. The number of aryl methyl sites for hydroxylation is 1. The zero-order chi connectivity index (χ0) is 13.7. The van der Waals surface area contributed by atoms with Gasteiger partial charge in [0, 0.05) is 16.3 Å². The van der Waals surface area contributed by atoms with Crippen LogP contribution in [-0.4, -0.2) is 4.98 Å². The molecule has 0 spiro atoms. The molecule has 0 bridgehead atoms. The molecule has 5 heteroatoms. The number of hydrogen-bond acceptors (Lipinski definition) is 4. The maximum atomic E-state index is 13.5. The average Bonchev–Trinajstić information content (AvgIpc) is 2.81. The van der Waals surface area contributed by atoms with E-state index in [9.17, 15) is 4.39 Å². The number of hydrogen-bond donors (Lipinski definition) is 1. The molecule has 1 aromatic heterocycles. The minimum Gasteiger partial charge on any atom is -0.326 e. The number of nitrogens with two attached hydrogens (primary N) is 1. The summed E-state index contributed by atoms with van der Waals surface area (Å²) in [5.74, 6) is 0.527. The van der Waals surface area contributed by atoms with E-state index in [1.807, 2.05) is 6.07 Å². The molecular formula is C14H17FN2S2. The van der Waals surface area contributed by atoms with Crippen molar-refractivity contribution < 1.29 is 4.39 Å². The van der Waals surface area contributed by atoms with Crippen LogP contribution in [-0.2, 0) is 18.7 Å². The topological polar surface area (TPSA) is 38.9 Å². The fourth-order valence-corrected chi connectivity index (χ4v) is 3.72. The summed E-state index contributed by atoms with van der Waals surface area (Å²) in [6.07, 6.45) is 2.03. The lowest BCUT2D eigenvalue weighted by Crippen LogP contribution is -1.97. The second-order valence-corrected chi connectivity index (χ2v) is 6.34. The summed E-state index contributed by atoms with van der Waals surface area (Å²) in [5, 5.41) is 1.03. The standard InChI is InChI=1S/C14H17FN2S2/c1-2-5-11-13(8-16)19-14(17-11)9-18-12-7-4-3-6-10(12)15/h3-4,6-7H,2,5,8-9,16H2,1H3. The van der Waals surface area contributed by atoms with Crippen LogP contribution < -0.4 is 5.73 Å². The van der Waals surface area contributed by atoms with Crippen LogP contribution in [0.2, 0.25) is 0 Å². The van der Waals surface area contributed by atoms with Crippen LogP contribution in [0, 0.1) is 5.82 Å². The first-order valence-electron chi connectivity index (χ1n) is 6.29. The molecule has 19 heavy (non-hydrogen) atoms. The van der Waals surface area contributed by atoms with Gasteiger partial charge in [0.15, 0.2) is 0 Å². The molecule has 1 aromatic carbocycles. The van der Waals surface area contributed by atoms with E-state index in [1.165, 1.54) is 17.8 Å². The van der Waals surface area contributed by atoms with Crippen LogP contribution in [0.4, 0.5) is 4.39 Å². The summed E-state index contributed by atoms with van der Waals surface area (Å²) in [6.45, 7) is 2.67. The van der Waals surface area contributed by atoms with E-state index >= 15 is 0 Å². The second kappa shape index (κ2) is 7.03. The first-order chi connectivity index (χ1) is 9.24. The third-order valence-corrected chi connectivity index (χ3v) is 5.05. The molecule has 0 saturated heterocycles. The Balaban J connectivity index is 2.05. The second-order valence-electron chi connectivity index (χ2n) is 4.15. The molecule has 0 atom stereocenters. The lowest BCUT2D eigenvalue weighted by atomic mass is 10.2. The minimum absolute atomic E-state index is 0.170. The lowest BCUT2D eigenvalue weighted by Gasteiger charge is -2.00. The van der Waals surface area contributed by atoms with E-state index < -0.39 is 0 Å². The van der Waals surface area contributed by atoms with Crippen molar-refractivity contribution in [2.75, 3.05) is 0 Å². The average molecular weight is 296 g/mol. The van der Waals surface area contributed by atoms with Gasteiger partial charge < -0.3 is 5.73 Å². The van der Waals surface area contributed by atoms with Crippen LogP contribution in [0.1, 0.15) is 28.9 Å². The van der Waals surface area contributed by atoms with Gasteiger partial charge in [-0.15, -0.1) is 23.1 Å². The van der Waals surface area contributed by atoms with Crippen molar-refractivity contribution in [1.29, 1.82) is 0 Å². The van der Waals surface area contributed by atoms with Crippen molar-refractivity contribution in [3.8, 4) is 0 Å². The Kier molecular flexibility index (Phi) is 5.36. The Bertz CT molecular complexity index is 540. The molecule has 0 saturated carbocycles. The first-order valence-corrected chi connectivity index (χ1v) is 8.09. The molecule has 0 aliphatic carbocycles. The van der Waals surface area contributed by atoms with Crippen molar-refractivity contribution in [2.45, 2.75) is 37.0 Å². The summed E-state index contributed by atoms with van der Waals surface area (Å²) in [5.41, 5.74) is 6.84. The van der Waals surface area contributed by atoms with Gasteiger partial charge in [0.2, 0.25) is 0 Å². The largest absolute Gasteiger partial charge is 0.326 e. The molecular weight excluding hydrogens is 279 g/mol. The van der Waals surface area contributed by atoms with Crippen LogP contribution in [0.5, 0.6) is 0 Å². The highest BCUT2D eigenvalue weighted by Gasteiger charge is 2.10. The van der Waals surface area contributed by atoms with E-state index in [0.717, 1.165) is 28.4 Å². The summed E-state index contributed by atoms with van der Waals surface area (Å²) in [4.78, 5) is 6.44. The predicted molar refractivity (Wildman–Crippen MR) is 80.0 cm³/mol. The summed E-state index contributed by atoms with van der Waals surface area (Å²) in [6, 6.07) is 6.83. The smallest absolute Gasteiger partial charge is 0.136 e. The third kappa shape index (κ3) is 3.78. The van der Waals surface area contributed by atoms with Crippen LogP contribution in [0.3, 0.4) is 0 Å². The normalized spacial score (nSPS) is 10.9. The number of aromatic nitrogens is 1. The van der Waals surface area contributed by atoms with E-state index in [-0.39, 0.29) is 5.82 Å². The molecule has 2 N–H and O–H groups in total. The fourth-order valence-electron chi connectivity index (χ4n) is 1.79. The van der Waals surface area contributed by atoms with E-state index in [4.69, 9.17) is 5.73 Å². The Labute approximate surface area is 121 Å². The number of nitrogens with zero attached hydrogens (tertiary/aromatic N) is 1. The molecule has 2 aromatic rings. The monoisotopic (exact) mass is 296 g/mol. The Morgan fingerprint density at radius 1 is 1.37 bits per heavy atom. The molecule has 2 rings (SSSR count). The van der Waals surface area contributed by atoms with E-state index in [1.54, 1.807) is 23.5 Å². The van der Waals surface area contributed by atoms with Crippen molar-refractivity contribution in [3.05, 3.63) is 45.7 Å². The van der Waals surface area contributed by atoms with Gasteiger partial charge in [-0.1, -0.05) is 25.5 Å². The van der Waals surface area contributed by atoms with Crippen molar-refractivity contribution in [2.24, 2.45) is 5.73 Å². The Morgan fingerprint density at radius 3 is 2.84 bits per heavy atom. The Hall–Kier alpha value is -0.910. The molecule has 0 unspecified atom stereocenters. The van der Waals surface area contributed by atoms with E-state index in [0.29, 0.717) is 17.2 Å². The highest BCUT2D eigenvalue weighted by Crippen LogP contribution is 2.28. The molecule has 0 aliphatic rings. The first kappa shape index (κ1) is 14.5. The van der Waals surface area contributed by atoms with Gasteiger partial charge in [-0.25, -0.2) is 9.37 Å². The van der Waals surface area contributed by atoms with Gasteiger partial charge in [0.25, 0.3) is 0 Å². The molecule has 0 amide bonds. The number of rotatable bonds is 6. The quantitative estimate of drug-likeness (QED) is 0.819. The lowest BCUT2D eigenvalue weighted by molar-refractivity contribution is 0.602. The maximum absolute atomic E-state index is 13.5. The zero-order valence-electron chi connectivity index (χ0n) is 10.9. The van der Waals surface area contributed by atoms with Gasteiger partial charge in [0.05, 0.1) is 11.4 Å². The van der Waals surface area contributed by atoms with Gasteiger partial charge in [-0.3, -0.25) is 0 Å². The van der Waals surface area contributed by atoms with Gasteiger partial charge in [0.1, 0.15) is 10.8 Å². The van der Waals surface area contributed by atoms with Crippen LogP contribution in [0.25, 0.3) is 0 Å². The van der Waals surface area contributed by atoms with E-state index in [2.05, 4.69) is 11.9 Å². The predicted octanol–water partition coefficient (Wildman–Crippen LogP) is 3.99. The summed E-state index contributed by atoms with van der Waals surface area (Å²) < 4.78 is 13.5. The third-order valence-electron chi connectivity index (χ3n) is 2.68. The van der Waals surface area contributed by atoms with Crippen molar-refractivity contribution in [3.63, 3.8) is 0 Å². The van der Waals surface area contributed by atoms with Gasteiger partial charge >= 0.3 is 0 Å².